The number of pyridine rings is 1. The van der Waals surface area contributed by atoms with Crippen LogP contribution in [0, 0.1) is 5.82 Å². The lowest BCUT2D eigenvalue weighted by atomic mass is 10.1. The summed E-state index contributed by atoms with van der Waals surface area (Å²) >= 11 is 6.19. The van der Waals surface area contributed by atoms with Crippen LogP contribution in [0.25, 0.3) is 11.3 Å². The number of benzene rings is 1. The fraction of sp³-hybridized carbons (Fsp3) is 0.0526. The molecule has 0 N–H and O–H groups in total. The topological polar surface area (TPSA) is 69.0 Å². The van der Waals surface area contributed by atoms with Crippen LogP contribution in [0.3, 0.4) is 0 Å². The average molecular weight is 405 g/mol. The summed E-state index contributed by atoms with van der Waals surface area (Å²) in [4.78, 5) is 15.3. The lowest BCUT2D eigenvalue weighted by Gasteiger charge is -2.18. The molecule has 0 aliphatic carbocycles. The predicted molar refractivity (Wildman–Crippen MR) is 102 cm³/mol. The monoisotopic (exact) mass is 404 g/mol. The third-order valence-electron chi connectivity index (χ3n) is 4.01. The van der Waals surface area contributed by atoms with Gasteiger partial charge < -0.3 is 0 Å². The second kappa shape index (κ2) is 7.46. The Morgan fingerprint density at radius 2 is 1.96 bits per heavy atom. The van der Waals surface area contributed by atoms with Crippen LogP contribution in [-0.4, -0.2) is 23.7 Å². The summed E-state index contributed by atoms with van der Waals surface area (Å²) in [6.07, 6.45) is 4.55. The first-order valence-electron chi connectivity index (χ1n) is 7.80. The summed E-state index contributed by atoms with van der Waals surface area (Å²) in [6.45, 7) is 3.60. The van der Waals surface area contributed by atoms with E-state index in [2.05, 4.69) is 11.6 Å². The molecule has 0 fully saturated rings. The molecular formula is C19H14ClFN2O3S. The molecule has 0 aliphatic heterocycles. The molecule has 2 heterocycles. The van der Waals surface area contributed by atoms with Gasteiger partial charge in [0.2, 0.25) is 0 Å². The minimum absolute atomic E-state index is 0.00470. The number of nitrogens with zero attached hydrogens (tertiary/aromatic N) is 2. The van der Waals surface area contributed by atoms with Crippen LogP contribution in [0.2, 0.25) is 5.15 Å². The van der Waals surface area contributed by atoms with Crippen LogP contribution < -0.4 is 0 Å². The molecule has 8 heteroatoms. The molecule has 138 valence electrons. The van der Waals surface area contributed by atoms with Crippen molar-refractivity contribution in [1.29, 1.82) is 0 Å². The Morgan fingerprint density at radius 3 is 2.56 bits per heavy atom. The van der Waals surface area contributed by atoms with Gasteiger partial charge in [-0.25, -0.2) is 16.8 Å². The quantitative estimate of drug-likeness (QED) is 0.454. The van der Waals surface area contributed by atoms with E-state index in [0.29, 0.717) is 11.8 Å². The number of rotatable bonds is 6. The molecule has 3 rings (SSSR count). The normalized spacial score (nSPS) is 12.5. The zero-order valence-electron chi connectivity index (χ0n) is 13.9. The van der Waals surface area contributed by atoms with Gasteiger partial charge in [-0.05, 0) is 29.8 Å². The molecule has 1 atom stereocenters. The average Bonchev–Trinajstić information content (AvgIpc) is 3.00. The van der Waals surface area contributed by atoms with E-state index >= 15 is 0 Å². The van der Waals surface area contributed by atoms with Crippen molar-refractivity contribution in [2.45, 2.75) is 5.25 Å². The first kappa shape index (κ1) is 19.0. The van der Waals surface area contributed by atoms with Crippen LogP contribution in [0.15, 0.2) is 67.5 Å². The number of carbonyl (C=O) groups is 1. The number of halogens is 2. The highest BCUT2D eigenvalue weighted by Gasteiger charge is 2.32. The van der Waals surface area contributed by atoms with Crippen molar-refractivity contribution in [2.24, 2.45) is 0 Å². The smallest absolute Gasteiger partial charge is 0.251 e. The minimum atomic E-state index is -4.22. The van der Waals surface area contributed by atoms with E-state index < -0.39 is 21.1 Å². The molecule has 5 nitrogen and oxygen atoms in total. The second-order valence-electron chi connectivity index (χ2n) is 5.63. The fourth-order valence-corrected chi connectivity index (χ4v) is 4.95. The molecule has 27 heavy (non-hydrogen) atoms. The van der Waals surface area contributed by atoms with Crippen LogP contribution in [0.4, 0.5) is 4.39 Å². The maximum atomic E-state index is 14.3. The van der Waals surface area contributed by atoms with Gasteiger partial charge in [-0.2, -0.15) is 0 Å². The van der Waals surface area contributed by atoms with Crippen molar-refractivity contribution in [3.8, 4) is 11.3 Å². The lowest BCUT2D eigenvalue weighted by Crippen LogP contribution is -2.21. The van der Waals surface area contributed by atoms with Gasteiger partial charge in [-0.15, -0.1) is 6.58 Å². The van der Waals surface area contributed by atoms with E-state index in [0.717, 1.165) is 3.97 Å². The predicted octanol–water partition coefficient (Wildman–Crippen LogP) is 4.26. The lowest BCUT2D eigenvalue weighted by molar-refractivity contribution is 0.112. The van der Waals surface area contributed by atoms with Gasteiger partial charge in [0, 0.05) is 18.0 Å². The van der Waals surface area contributed by atoms with Gasteiger partial charge in [0.25, 0.3) is 10.0 Å². The Morgan fingerprint density at radius 1 is 1.22 bits per heavy atom. The Bertz CT molecular complexity index is 1110. The number of aldehydes is 1. The van der Waals surface area contributed by atoms with E-state index in [1.54, 1.807) is 18.2 Å². The molecule has 3 aromatic rings. The van der Waals surface area contributed by atoms with Crippen LogP contribution in [0.5, 0.6) is 0 Å². The zero-order valence-corrected chi connectivity index (χ0v) is 15.5. The molecule has 0 saturated heterocycles. The number of carbonyl (C=O) groups excluding carboxylic acids is 1. The van der Waals surface area contributed by atoms with Gasteiger partial charge in [0.1, 0.15) is 16.2 Å². The van der Waals surface area contributed by atoms with Gasteiger partial charge >= 0.3 is 0 Å². The first-order valence-corrected chi connectivity index (χ1v) is 9.68. The van der Waals surface area contributed by atoms with Crippen LogP contribution >= 0.6 is 11.6 Å². The van der Waals surface area contributed by atoms with Crippen molar-refractivity contribution >= 4 is 27.9 Å². The minimum Gasteiger partial charge on any atom is -0.298 e. The summed E-state index contributed by atoms with van der Waals surface area (Å²) in [7, 11) is -4.22. The maximum Gasteiger partial charge on any atom is 0.251 e. The molecule has 1 aromatic carbocycles. The SMILES string of the molecule is C=CC(c1cccnc1)S(=O)(=O)n1c(-c2ccccc2F)cc(C=O)c1Cl. The fourth-order valence-electron chi connectivity index (χ4n) is 2.76. The van der Waals surface area contributed by atoms with Crippen molar-refractivity contribution in [3.05, 3.63) is 89.6 Å². The van der Waals surface area contributed by atoms with E-state index in [1.807, 2.05) is 0 Å². The Hall–Kier alpha value is -2.77. The van der Waals surface area contributed by atoms with E-state index in [4.69, 9.17) is 11.6 Å². The van der Waals surface area contributed by atoms with Gasteiger partial charge in [-0.3, -0.25) is 9.78 Å². The number of hydrogen-bond acceptors (Lipinski definition) is 4. The highest BCUT2D eigenvalue weighted by molar-refractivity contribution is 7.90. The standard InChI is InChI=1S/C19H14ClFN2O3S/c1-2-18(13-6-5-9-22-11-13)27(25,26)23-17(10-14(12-24)19(23)20)15-7-3-4-8-16(15)21/h2-12,18H,1H2. The van der Waals surface area contributed by atoms with Gasteiger partial charge in [0.15, 0.2) is 6.29 Å². The second-order valence-corrected chi connectivity index (χ2v) is 7.89. The van der Waals surface area contributed by atoms with Gasteiger partial charge in [-0.1, -0.05) is 35.9 Å². The molecule has 0 spiro atoms. The van der Waals surface area contributed by atoms with E-state index in [-0.39, 0.29) is 22.0 Å². The molecule has 0 radical (unpaired) electrons. The highest BCUT2D eigenvalue weighted by Crippen LogP contribution is 2.36. The molecule has 0 aliphatic rings. The summed E-state index contributed by atoms with van der Waals surface area (Å²) in [5.41, 5.74) is 0.262. The van der Waals surface area contributed by atoms with Crippen LogP contribution in [0.1, 0.15) is 21.2 Å². The third kappa shape index (κ3) is 3.31. The van der Waals surface area contributed by atoms with Crippen molar-refractivity contribution in [2.75, 3.05) is 0 Å². The number of hydrogen-bond donors (Lipinski definition) is 0. The van der Waals surface area contributed by atoms with E-state index in [1.165, 1.54) is 42.7 Å². The maximum absolute atomic E-state index is 14.3. The zero-order chi connectivity index (χ0) is 19.6. The Kier molecular flexibility index (Phi) is 5.25. The summed E-state index contributed by atoms with van der Waals surface area (Å²) in [5, 5.41) is -1.51. The van der Waals surface area contributed by atoms with Crippen molar-refractivity contribution in [3.63, 3.8) is 0 Å². The summed E-state index contributed by atoms with van der Waals surface area (Å²) in [5.74, 6) is -0.642. The first-order chi connectivity index (χ1) is 12.9. The van der Waals surface area contributed by atoms with Crippen molar-refractivity contribution in [1.82, 2.24) is 8.96 Å². The summed E-state index contributed by atoms with van der Waals surface area (Å²) < 4.78 is 41.8. The Balaban J connectivity index is 2.30. The largest absolute Gasteiger partial charge is 0.298 e. The highest BCUT2D eigenvalue weighted by atomic mass is 35.5. The van der Waals surface area contributed by atoms with Crippen LogP contribution in [-0.2, 0) is 10.0 Å². The Labute approximate surface area is 160 Å². The van der Waals surface area contributed by atoms with E-state index in [9.17, 15) is 17.6 Å². The molecule has 2 aromatic heterocycles. The molecular weight excluding hydrogens is 391 g/mol. The summed E-state index contributed by atoms with van der Waals surface area (Å²) in [6, 6.07) is 10.1. The molecule has 0 saturated carbocycles. The third-order valence-corrected chi connectivity index (χ3v) is 6.49. The molecule has 0 amide bonds. The molecule has 0 bridgehead atoms. The van der Waals surface area contributed by atoms with Gasteiger partial charge in [0.05, 0.1) is 11.3 Å². The molecule has 1 unspecified atom stereocenters. The number of aromatic nitrogens is 2. The van der Waals surface area contributed by atoms with Crippen molar-refractivity contribution < 1.29 is 17.6 Å².